The van der Waals surface area contributed by atoms with Crippen LogP contribution in [0, 0.1) is 0 Å². The van der Waals surface area contributed by atoms with E-state index in [0.717, 1.165) is 62.8 Å². The molecule has 4 nitrogen and oxygen atoms in total. The van der Waals surface area contributed by atoms with Crippen LogP contribution in [-0.4, -0.2) is 50.1 Å². The number of rotatable bonds is 9. The number of ether oxygens (including phenoxy) is 3. The van der Waals surface area contributed by atoms with Crippen molar-refractivity contribution in [2.24, 2.45) is 0 Å². The molecule has 0 spiro atoms. The highest BCUT2D eigenvalue weighted by Gasteiger charge is 2.27. The fourth-order valence-electron chi connectivity index (χ4n) is 4.47. The number of benzene rings is 2. The molecule has 0 amide bonds. The van der Waals surface area contributed by atoms with Crippen molar-refractivity contribution < 1.29 is 14.2 Å². The summed E-state index contributed by atoms with van der Waals surface area (Å²) in [4.78, 5) is 3.92. The van der Waals surface area contributed by atoms with Crippen LogP contribution < -0.4 is 14.2 Å². The summed E-state index contributed by atoms with van der Waals surface area (Å²) in [5.41, 5.74) is 2.64. The second-order valence-corrected chi connectivity index (χ2v) is 9.15. The van der Waals surface area contributed by atoms with Crippen molar-refractivity contribution in [3.8, 4) is 17.2 Å². The van der Waals surface area contributed by atoms with Crippen molar-refractivity contribution in [2.75, 3.05) is 39.2 Å². The van der Waals surface area contributed by atoms with Crippen LogP contribution in [0.3, 0.4) is 0 Å². The molecule has 0 saturated heterocycles. The molecule has 0 fully saturated rings. The van der Waals surface area contributed by atoms with E-state index >= 15 is 0 Å². The summed E-state index contributed by atoms with van der Waals surface area (Å²) in [6.07, 6.45) is 5.58. The van der Waals surface area contributed by atoms with Crippen molar-refractivity contribution in [1.82, 2.24) is 4.90 Å². The van der Waals surface area contributed by atoms with Crippen molar-refractivity contribution in [3.05, 3.63) is 47.5 Å². The molecule has 0 radical (unpaired) electrons. The Kier molecular flexibility index (Phi) is 7.45. The molecule has 2 aliphatic rings. The third kappa shape index (κ3) is 4.89. The molecule has 0 N–H and O–H groups in total. The van der Waals surface area contributed by atoms with E-state index in [4.69, 9.17) is 14.2 Å². The van der Waals surface area contributed by atoms with Gasteiger partial charge in [-0.15, -0.1) is 11.8 Å². The molecule has 5 heteroatoms. The summed E-state index contributed by atoms with van der Waals surface area (Å²) in [5.74, 6) is 4.17. The average molecular weight is 428 g/mol. The van der Waals surface area contributed by atoms with Crippen LogP contribution in [0.4, 0.5) is 0 Å². The first-order chi connectivity index (χ1) is 14.8. The number of methoxy groups -OCH3 is 1. The second-order valence-electron chi connectivity index (χ2n) is 8.04. The number of hydrogen-bond donors (Lipinski definition) is 0. The van der Waals surface area contributed by atoms with Gasteiger partial charge in [-0.25, -0.2) is 0 Å². The third-order valence-electron chi connectivity index (χ3n) is 5.95. The summed E-state index contributed by atoms with van der Waals surface area (Å²) in [7, 11) is 1.74. The molecule has 2 aromatic rings. The zero-order valence-corrected chi connectivity index (χ0v) is 19.0. The molecule has 30 heavy (non-hydrogen) atoms. The maximum Gasteiger partial charge on any atom is 0.133 e. The monoisotopic (exact) mass is 427 g/mol. The van der Waals surface area contributed by atoms with Gasteiger partial charge in [0.1, 0.15) is 23.9 Å². The molecule has 162 valence electrons. The fraction of sp³-hybridized carbons (Fsp3) is 0.520. The van der Waals surface area contributed by atoms with Gasteiger partial charge in [-0.3, -0.25) is 4.90 Å². The number of aryl methyl sites for hydroxylation is 1. The van der Waals surface area contributed by atoms with Gasteiger partial charge in [0.2, 0.25) is 0 Å². The highest BCUT2D eigenvalue weighted by atomic mass is 32.2. The summed E-state index contributed by atoms with van der Waals surface area (Å²) in [5, 5.41) is 0. The first kappa shape index (κ1) is 21.4. The van der Waals surface area contributed by atoms with Crippen LogP contribution >= 0.6 is 11.8 Å². The van der Waals surface area contributed by atoms with Gasteiger partial charge in [0, 0.05) is 18.2 Å². The van der Waals surface area contributed by atoms with Crippen LogP contribution in [0.2, 0.25) is 0 Å². The van der Waals surface area contributed by atoms with Crippen molar-refractivity contribution in [1.29, 1.82) is 0 Å². The van der Waals surface area contributed by atoms with Gasteiger partial charge < -0.3 is 14.2 Å². The Hall–Kier alpha value is -1.85. The lowest BCUT2D eigenvalue weighted by molar-refractivity contribution is 0.111. The molecule has 1 atom stereocenters. The molecular weight excluding hydrogens is 394 g/mol. The van der Waals surface area contributed by atoms with Gasteiger partial charge in [0.25, 0.3) is 0 Å². The number of nitrogens with zero attached hydrogens (tertiary/aromatic N) is 1. The van der Waals surface area contributed by atoms with E-state index in [-0.39, 0.29) is 0 Å². The van der Waals surface area contributed by atoms with Gasteiger partial charge in [-0.05, 0) is 68.2 Å². The molecular formula is C25H33NO3S. The average Bonchev–Trinajstić information content (AvgIpc) is 2.80. The zero-order chi connectivity index (χ0) is 20.8. The highest BCUT2D eigenvalue weighted by molar-refractivity contribution is 7.99. The highest BCUT2D eigenvalue weighted by Crippen LogP contribution is 2.37. The van der Waals surface area contributed by atoms with Gasteiger partial charge in [-0.1, -0.05) is 25.1 Å². The van der Waals surface area contributed by atoms with E-state index < -0.39 is 0 Å². The molecule has 1 unspecified atom stereocenters. The van der Waals surface area contributed by atoms with E-state index in [1.54, 1.807) is 7.11 Å². The van der Waals surface area contributed by atoms with Crippen LogP contribution in [0.5, 0.6) is 17.2 Å². The standard InChI is InChI=1S/C25H33NO3S/c1-3-13-26(20-17-21-22(27-2)10-5-11-23(21)29-18-20)14-7-15-28-24-12-4-8-19-9-6-16-30-25(19)24/h4-5,8,10-12,20H,3,6-7,9,13-18H2,1-2H3. The van der Waals surface area contributed by atoms with Crippen LogP contribution in [-0.2, 0) is 12.8 Å². The molecule has 2 aromatic carbocycles. The van der Waals surface area contributed by atoms with Crippen LogP contribution in [0.15, 0.2) is 41.3 Å². The molecule has 2 aliphatic heterocycles. The minimum atomic E-state index is 0.383. The van der Waals surface area contributed by atoms with Crippen molar-refractivity contribution in [2.45, 2.75) is 50.0 Å². The first-order valence-electron chi connectivity index (χ1n) is 11.2. The van der Waals surface area contributed by atoms with E-state index in [0.29, 0.717) is 6.04 Å². The molecule has 0 saturated carbocycles. The Labute approximate surface area is 184 Å². The van der Waals surface area contributed by atoms with Crippen molar-refractivity contribution in [3.63, 3.8) is 0 Å². The number of thioether (sulfide) groups is 1. The van der Waals surface area contributed by atoms with E-state index in [1.807, 2.05) is 30.0 Å². The Morgan fingerprint density at radius 3 is 2.87 bits per heavy atom. The maximum absolute atomic E-state index is 6.21. The predicted octanol–water partition coefficient (Wildman–Crippen LogP) is 5.22. The predicted molar refractivity (Wildman–Crippen MR) is 123 cm³/mol. The molecule has 2 heterocycles. The smallest absolute Gasteiger partial charge is 0.133 e. The van der Waals surface area contributed by atoms with Gasteiger partial charge in [0.05, 0.1) is 18.6 Å². The normalized spacial score (nSPS) is 17.8. The van der Waals surface area contributed by atoms with Gasteiger partial charge in [-0.2, -0.15) is 0 Å². The molecule has 4 rings (SSSR count). The lowest BCUT2D eigenvalue weighted by Crippen LogP contribution is -2.44. The lowest BCUT2D eigenvalue weighted by atomic mass is 10.00. The minimum Gasteiger partial charge on any atom is -0.496 e. The third-order valence-corrected chi connectivity index (χ3v) is 7.20. The summed E-state index contributed by atoms with van der Waals surface area (Å²) in [6, 6.07) is 13.0. The minimum absolute atomic E-state index is 0.383. The maximum atomic E-state index is 6.21. The zero-order valence-electron chi connectivity index (χ0n) is 18.2. The quantitative estimate of drug-likeness (QED) is 0.512. The SMILES string of the molecule is CCCN(CCCOc1cccc2c1SCCC2)C1COc2cccc(OC)c2C1. The summed E-state index contributed by atoms with van der Waals surface area (Å²) in [6.45, 7) is 5.84. The van der Waals surface area contributed by atoms with Crippen LogP contribution in [0.25, 0.3) is 0 Å². The second kappa shape index (κ2) is 10.5. The van der Waals surface area contributed by atoms with Crippen molar-refractivity contribution >= 4 is 11.8 Å². The van der Waals surface area contributed by atoms with Gasteiger partial charge >= 0.3 is 0 Å². The van der Waals surface area contributed by atoms with E-state index in [1.165, 1.54) is 34.6 Å². The summed E-state index contributed by atoms with van der Waals surface area (Å²) < 4.78 is 17.9. The summed E-state index contributed by atoms with van der Waals surface area (Å²) >= 11 is 1.94. The Bertz CT molecular complexity index is 827. The topological polar surface area (TPSA) is 30.9 Å². The number of fused-ring (bicyclic) bond motifs is 2. The van der Waals surface area contributed by atoms with Crippen LogP contribution in [0.1, 0.15) is 37.3 Å². The fourth-order valence-corrected chi connectivity index (χ4v) is 5.59. The lowest BCUT2D eigenvalue weighted by Gasteiger charge is -2.35. The molecule has 0 aliphatic carbocycles. The van der Waals surface area contributed by atoms with E-state index in [2.05, 4.69) is 30.0 Å². The largest absolute Gasteiger partial charge is 0.496 e. The molecule has 0 bridgehead atoms. The van der Waals surface area contributed by atoms with E-state index in [9.17, 15) is 0 Å². The van der Waals surface area contributed by atoms with Gasteiger partial charge in [0.15, 0.2) is 0 Å². The number of hydrogen-bond acceptors (Lipinski definition) is 5. The molecule has 0 aromatic heterocycles. The Morgan fingerprint density at radius 2 is 2.00 bits per heavy atom. The Morgan fingerprint density at radius 1 is 1.13 bits per heavy atom. The Balaban J connectivity index is 1.33. The first-order valence-corrected chi connectivity index (χ1v) is 12.2.